The van der Waals surface area contributed by atoms with E-state index in [0.717, 1.165) is 11.8 Å². The smallest absolute Gasteiger partial charge is 0.353 e. The molecule has 3 saturated heterocycles. The summed E-state index contributed by atoms with van der Waals surface area (Å²) in [7, 11) is 0. The van der Waals surface area contributed by atoms with Gasteiger partial charge in [0.25, 0.3) is 0 Å². The lowest BCUT2D eigenvalue weighted by Crippen LogP contribution is -2.63. The normalized spacial score (nSPS) is 29.4. The Hall–Kier alpha value is -5.81. The third-order valence-corrected chi connectivity index (χ3v) is 16.1. The molecule has 0 spiro atoms. The van der Waals surface area contributed by atoms with Crippen LogP contribution in [0.4, 0.5) is 11.4 Å². The Morgan fingerprint density at radius 1 is 0.818 bits per heavy atom. The molecule has 13 atom stereocenters. The minimum atomic E-state index is -1.42. The van der Waals surface area contributed by atoms with Crippen molar-refractivity contribution < 1.29 is 69.0 Å². The number of aromatic carboxylic acids is 2. The van der Waals surface area contributed by atoms with Gasteiger partial charge in [0.05, 0.1) is 58.5 Å². The van der Waals surface area contributed by atoms with Crippen LogP contribution in [0.2, 0.25) is 0 Å². The topological polar surface area (TPSA) is 313 Å². The molecule has 0 unspecified atom stereocenters. The summed E-state index contributed by atoms with van der Waals surface area (Å²) >= 11 is 2.36. The van der Waals surface area contributed by atoms with Crippen molar-refractivity contribution in [1.29, 1.82) is 0 Å². The molecule has 0 saturated carbocycles. The number of thioether (sulfide) groups is 2. The molecule has 9 N–H and O–H groups in total. The molecule has 20 nitrogen and oxygen atoms in total. The number of hydrogen-bond donors (Lipinski definition) is 9. The summed E-state index contributed by atoms with van der Waals surface area (Å²) in [5, 5.41) is 68.1. The molecule has 5 aliphatic heterocycles. The second kappa shape index (κ2) is 19.2. The second-order valence-electron chi connectivity index (χ2n) is 17.3. The first-order valence-electron chi connectivity index (χ1n) is 21.3. The van der Waals surface area contributed by atoms with Gasteiger partial charge >= 0.3 is 23.9 Å². The van der Waals surface area contributed by atoms with Crippen molar-refractivity contribution in [3.63, 3.8) is 0 Å². The van der Waals surface area contributed by atoms with Gasteiger partial charge in [-0.2, -0.15) is 0 Å². The van der Waals surface area contributed by atoms with Gasteiger partial charge in [-0.1, -0.05) is 26.0 Å². The van der Waals surface area contributed by atoms with E-state index in [4.69, 9.17) is 0 Å². The third-order valence-electron chi connectivity index (χ3n) is 12.9. The predicted molar refractivity (Wildman–Crippen MR) is 240 cm³/mol. The van der Waals surface area contributed by atoms with Gasteiger partial charge in [-0.15, -0.1) is 23.5 Å². The number of carbonyl (C=O) groups excluding carboxylic acids is 4. The minimum Gasteiger partial charge on any atom is -0.478 e. The maximum atomic E-state index is 15.0. The van der Waals surface area contributed by atoms with Gasteiger partial charge in [-0.3, -0.25) is 24.2 Å². The van der Waals surface area contributed by atoms with Gasteiger partial charge in [-0.25, -0.2) is 19.2 Å². The van der Waals surface area contributed by atoms with Crippen LogP contribution in [0, 0.1) is 23.7 Å². The summed E-state index contributed by atoms with van der Waals surface area (Å²) < 4.78 is 0. The van der Waals surface area contributed by atoms with Crippen LogP contribution in [-0.2, 0) is 28.8 Å². The lowest BCUT2D eigenvalue weighted by molar-refractivity contribution is -0.163. The number of carboxylic acids is 4. The maximum absolute atomic E-state index is 15.0. The Kier molecular flexibility index (Phi) is 14.0. The van der Waals surface area contributed by atoms with E-state index >= 15 is 0 Å². The third kappa shape index (κ3) is 9.28. The molecule has 22 heteroatoms. The quantitative estimate of drug-likeness (QED) is 0.109. The van der Waals surface area contributed by atoms with E-state index in [1.54, 1.807) is 19.9 Å². The average Bonchev–Trinajstić information content (AvgIpc) is 4.03. The van der Waals surface area contributed by atoms with Crippen LogP contribution in [0.15, 0.2) is 64.1 Å². The molecule has 2 aromatic rings. The van der Waals surface area contributed by atoms with Crippen LogP contribution in [0.5, 0.6) is 0 Å². The fraction of sp³-hybridized carbons (Fsp3) is 0.477. The molecule has 5 aliphatic rings. The van der Waals surface area contributed by atoms with Crippen molar-refractivity contribution in [1.82, 2.24) is 15.1 Å². The lowest BCUT2D eigenvalue weighted by Gasteiger charge is -2.46. The molecule has 4 amide bonds. The molecular formula is C44H50N6O14S2. The summed E-state index contributed by atoms with van der Waals surface area (Å²) in [6.07, 6.45) is -2.22. The predicted octanol–water partition coefficient (Wildman–Crippen LogP) is 1.89. The van der Waals surface area contributed by atoms with Crippen molar-refractivity contribution in [3.05, 3.63) is 70.3 Å². The Labute approximate surface area is 386 Å². The molecule has 352 valence electrons. The molecule has 0 radical (unpaired) electrons. The van der Waals surface area contributed by atoms with Crippen molar-refractivity contribution in [2.75, 3.05) is 23.7 Å². The number of aliphatic imine (C=N–C) groups is 1. The number of benzene rings is 2. The number of amides is 4. The Balaban J connectivity index is 1.12. The van der Waals surface area contributed by atoms with Crippen LogP contribution in [-0.4, -0.2) is 159 Å². The number of aliphatic carboxylic acids is 2. The first kappa shape index (κ1) is 48.1. The highest BCUT2D eigenvalue weighted by atomic mass is 32.2. The van der Waals surface area contributed by atoms with E-state index in [1.807, 2.05) is 0 Å². The van der Waals surface area contributed by atoms with Crippen LogP contribution >= 0.6 is 23.5 Å². The number of likely N-dealkylation sites (tertiary alicyclic amines) is 1. The fourth-order valence-electron chi connectivity index (χ4n) is 9.74. The average molecular weight is 951 g/mol. The summed E-state index contributed by atoms with van der Waals surface area (Å²) in [5.74, 6) is -10.9. The van der Waals surface area contributed by atoms with Crippen LogP contribution in [0.1, 0.15) is 61.3 Å². The van der Waals surface area contributed by atoms with Gasteiger partial charge in [-0.05, 0) is 69.0 Å². The SMILES string of the molecule is C[C@H]1[C@@H]([C@H](C(=O)N2C[C@@H](SC3=C(C(=O)O)N4C(=O)[C@H]([C@@H](C)O)[C@H]4[C@H]3C)C[C@H]2C(=O)Nc2cccc(C(=O)O)c2)[C@H](C)O)N=C(C(=O)O)[C@H]1S[C@@H]1CN[C@H](C(=O)Nc2cccc(C(=O)O)c2)C1. The summed E-state index contributed by atoms with van der Waals surface area (Å²) in [4.78, 5) is 111. The number of carbonyl (C=O) groups is 8. The van der Waals surface area contributed by atoms with Crippen molar-refractivity contribution in [3.8, 4) is 0 Å². The van der Waals surface area contributed by atoms with Crippen LogP contribution in [0.25, 0.3) is 0 Å². The Bertz CT molecular complexity index is 2430. The summed E-state index contributed by atoms with van der Waals surface area (Å²) in [6.45, 7) is 6.43. The zero-order chi connectivity index (χ0) is 48.0. The van der Waals surface area contributed by atoms with Crippen molar-refractivity contribution >= 4 is 88.1 Å². The van der Waals surface area contributed by atoms with Gasteiger partial charge < -0.3 is 56.4 Å². The van der Waals surface area contributed by atoms with E-state index in [1.165, 1.54) is 77.9 Å². The molecule has 2 aromatic carbocycles. The zero-order valence-electron chi connectivity index (χ0n) is 36.1. The molecule has 3 fully saturated rings. The number of rotatable bonds is 16. The first-order chi connectivity index (χ1) is 31.2. The van der Waals surface area contributed by atoms with Crippen LogP contribution < -0.4 is 16.0 Å². The second-order valence-corrected chi connectivity index (χ2v) is 20.1. The van der Waals surface area contributed by atoms with E-state index in [2.05, 4.69) is 20.9 Å². The van der Waals surface area contributed by atoms with E-state index in [0.29, 0.717) is 11.4 Å². The summed E-state index contributed by atoms with van der Waals surface area (Å²) in [5.41, 5.74) is -0.195. The van der Waals surface area contributed by atoms with Crippen molar-refractivity contribution in [2.24, 2.45) is 28.7 Å². The van der Waals surface area contributed by atoms with Gasteiger partial charge in [0, 0.05) is 45.8 Å². The van der Waals surface area contributed by atoms with Gasteiger partial charge in [0.15, 0.2) is 0 Å². The molecule has 0 aliphatic carbocycles. The number of nitrogens with one attached hydrogen (secondary N) is 3. The highest BCUT2D eigenvalue weighted by Crippen LogP contribution is 2.52. The van der Waals surface area contributed by atoms with Crippen LogP contribution in [0.3, 0.4) is 0 Å². The Morgan fingerprint density at radius 2 is 1.42 bits per heavy atom. The largest absolute Gasteiger partial charge is 0.478 e. The number of fused-ring (bicyclic) bond motifs is 1. The number of aliphatic hydroxyl groups is 2. The van der Waals surface area contributed by atoms with E-state index in [9.17, 15) is 69.0 Å². The van der Waals surface area contributed by atoms with E-state index in [-0.39, 0.29) is 58.5 Å². The van der Waals surface area contributed by atoms with Gasteiger partial charge in [0.1, 0.15) is 17.5 Å². The summed E-state index contributed by atoms with van der Waals surface area (Å²) in [6, 6.07) is 7.59. The Morgan fingerprint density at radius 3 is 1.97 bits per heavy atom. The molecule has 7 rings (SSSR count). The lowest BCUT2D eigenvalue weighted by atomic mass is 9.79. The van der Waals surface area contributed by atoms with E-state index < -0.39 is 118 Å². The van der Waals surface area contributed by atoms with Crippen molar-refractivity contribution in [2.45, 2.75) is 92.7 Å². The maximum Gasteiger partial charge on any atom is 0.353 e. The molecule has 0 aromatic heterocycles. The first-order valence-corrected chi connectivity index (χ1v) is 23.1. The number of β-lactam (4-membered cyclic amide) rings is 1. The zero-order valence-corrected chi connectivity index (χ0v) is 37.7. The molecule has 5 heterocycles. The van der Waals surface area contributed by atoms with Gasteiger partial charge in [0.2, 0.25) is 23.6 Å². The standard InChI is InChI=1S/C44H50N6O14S2/c1-17-31(48-32(43(61)62)35(17)65-25-13-27(45-15-25)37(53)46-23-9-5-7-21(11-23)41(57)58)29(19(3)51)39(55)49-16-26(14-28(49)38(54)47-24-10-6-8-22(12-24)42(59)60)66-36-18(2)33-30(20(4)52)40(56)50(33)34(36)44(63)64/h5-12,17-20,25-31,33,35,45,51-52H,13-16H2,1-4H3,(H,46,53)(H,47,54)(H,57,58)(H,59,60)(H,61,62)(H,63,64)/t17-,18+,19-,20+,25-,26-,27-,28-,29+,30+,31-,33+,35-/m0/s1. The highest BCUT2D eigenvalue weighted by molar-refractivity contribution is 8.03. The molecule has 0 bridgehead atoms. The number of anilines is 2. The molecular weight excluding hydrogens is 901 g/mol. The molecule has 66 heavy (non-hydrogen) atoms. The number of aliphatic hydroxyl groups excluding tert-OH is 2. The number of nitrogens with zero attached hydrogens (tertiary/aromatic N) is 3. The minimum absolute atomic E-state index is 0.00740. The number of carboxylic acid groups (broad SMARTS) is 4. The fourth-order valence-corrected chi connectivity index (χ4v) is 12.9. The monoisotopic (exact) mass is 950 g/mol. The highest BCUT2D eigenvalue weighted by Gasteiger charge is 2.61. The number of hydrogen-bond acceptors (Lipinski definition) is 14.